The first-order chi connectivity index (χ1) is 12.0. The Morgan fingerprint density at radius 3 is 2.56 bits per heavy atom. The zero-order valence-electron chi connectivity index (χ0n) is 13.5. The van der Waals surface area contributed by atoms with Crippen LogP contribution in [0.15, 0.2) is 65.1 Å². The third-order valence-corrected chi connectivity index (χ3v) is 5.91. The summed E-state index contributed by atoms with van der Waals surface area (Å²) in [7, 11) is -3.19. The molecule has 0 aliphatic heterocycles. The van der Waals surface area contributed by atoms with E-state index in [-0.39, 0.29) is 0 Å². The number of hydrogen-bond donors (Lipinski definition) is 0. The summed E-state index contributed by atoms with van der Waals surface area (Å²) in [6.45, 7) is 0.729. The highest BCUT2D eigenvalue weighted by Gasteiger charge is 2.09. The van der Waals surface area contributed by atoms with Gasteiger partial charge in [0, 0.05) is 22.9 Å². The summed E-state index contributed by atoms with van der Waals surface area (Å²) in [5.41, 5.74) is 3.48. The highest BCUT2D eigenvalue weighted by molar-refractivity contribution is 7.90. The molecule has 0 saturated heterocycles. The fraction of sp³-hybridized carbons (Fsp3) is 0.111. The van der Waals surface area contributed by atoms with Crippen LogP contribution in [0.3, 0.4) is 0 Å². The lowest BCUT2D eigenvalue weighted by molar-refractivity contribution is 0.602. The van der Waals surface area contributed by atoms with Gasteiger partial charge in [0.05, 0.1) is 17.6 Å². The van der Waals surface area contributed by atoms with Gasteiger partial charge in [-0.25, -0.2) is 8.42 Å². The number of aromatic nitrogens is 3. The molecule has 7 heteroatoms. The number of thiophene rings is 1. The second kappa shape index (κ2) is 6.09. The molecule has 126 valence electrons. The van der Waals surface area contributed by atoms with Gasteiger partial charge in [-0.1, -0.05) is 18.2 Å². The Hall–Kier alpha value is -2.51. The average molecular weight is 369 g/mol. The van der Waals surface area contributed by atoms with Crippen molar-refractivity contribution in [2.24, 2.45) is 0 Å². The molecule has 4 rings (SSSR count). The van der Waals surface area contributed by atoms with Gasteiger partial charge in [0.1, 0.15) is 11.0 Å². The van der Waals surface area contributed by atoms with E-state index in [0.29, 0.717) is 4.90 Å². The predicted molar refractivity (Wildman–Crippen MR) is 99.5 cm³/mol. The Bertz CT molecular complexity index is 1130. The molecule has 0 saturated carbocycles. The molecule has 3 aromatic heterocycles. The zero-order valence-corrected chi connectivity index (χ0v) is 15.1. The standard InChI is InChI=1S/C18H15N3O2S2/c1-25(22,23)16-6-4-13(5-7-16)14-9-17-18(19-10-14)12-21(20-17)11-15-3-2-8-24-15/h2-10,12H,11H2,1H3. The van der Waals surface area contributed by atoms with Crippen LogP contribution in [0, 0.1) is 0 Å². The number of nitrogens with zero attached hydrogens (tertiary/aromatic N) is 3. The van der Waals surface area contributed by atoms with Crippen molar-refractivity contribution < 1.29 is 8.42 Å². The van der Waals surface area contributed by atoms with Crippen molar-refractivity contribution in [2.75, 3.05) is 6.26 Å². The van der Waals surface area contributed by atoms with Gasteiger partial charge in [-0.05, 0) is 35.2 Å². The second-order valence-electron chi connectivity index (χ2n) is 5.83. The monoisotopic (exact) mass is 369 g/mol. The average Bonchev–Trinajstić information content (AvgIpc) is 3.22. The Morgan fingerprint density at radius 1 is 1.08 bits per heavy atom. The van der Waals surface area contributed by atoms with Crippen LogP contribution < -0.4 is 0 Å². The molecule has 0 bridgehead atoms. The third-order valence-electron chi connectivity index (χ3n) is 3.92. The van der Waals surface area contributed by atoms with Gasteiger partial charge in [0.25, 0.3) is 0 Å². The molecule has 0 atom stereocenters. The molecule has 0 N–H and O–H groups in total. The van der Waals surface area contributed by atoms with E-state index in [4.69, 9.17) is 0 Å². The van der Waals surface area contributed by atoms with E-state index < -0.39 is 9.84 Å². The fourth-order valence-corrected chi connectivity index (χ4v) is 3.97. The molecule has 5 nitrogen and oxygen atoms in total. The summed E-state index contributed by atoms with van der Waals surface area (Å²) in [5.74, 6) is 0. The maximum atomic E-state index is 11.6. The van der Waals surface area contributed by atoms with Crippen LogP contribution >= 0.6 is 11.3 Å². The predicted octanol–water partition coefficient (Wildman–Crippen LogP) is 3.61. The lowest BCUT2D eigenvalue weighted by Crippen LogP contribution is -1.97. The van der Waals surface area contributed by atoms with Gasteiger partial charge in [0.15, 0.2) is 9.84 Å². The topological polar surface area (TPSA) is 64.8 Å². The third kappa shape index (κ3) is 3.33. The molecule has 0 aliphatic carbocycles. The summed E-state index contributed by atoms with van der Waals surface area (Å²) in [4.78, 5) is 6.03. The van der Waals surface area contributed by atoms with E-state index in [1.54, 1.807) is 41.8 Å². The minimum atomic E-state index is -3.19. The summed E-state index contributed by atoms with van der Waals surface area (Å²) in [5, 5.41) is 6.65. The van der Waals surface area contributed by atoms with Crippen molar-refractivity contribution in [2.45, 2.75) is 11.4 Å². The van der Waals surface area contributed by atoms with Crippen molar-refractivity contribution >= 4 is 32.2 Å². The molecule has 25 heavy (non-hydrogen) atoms. The molecule has 0 aliphatic rings. The Balaban J connectivity index is 1.66. The largest absolute Gasteiger partial charge is 0.265 e. The summed E-state index contributed by atoms with van der Waals surface area (Å²) in [6.07, 6.45) is 4.93. The van der Waals surface area contributed by atoms with E-state index in [9.17, 15) is 8.42 Å². The first kappa shape index (κ1) is 16.0. The molecular formula is C18H15N3O2S2. The Kier molecular flexibility index (Phi) is 3.89. The summed E-state index contributed by atoms with van der Waals surface area (Å²) < 4.78 is 25.0. The first-order valence-corrected chi connectivity index (χ1v) is 10.4. The van der Waals surface area contributed by atoms with Crippen LogP contribution in [0.2, 0.25) is 0 Å². The quantitative estimate of drug-likeness (QED) is 0.551. The number of hydrogen-bond acceptors (Lipinski definition) is 5. The van der Waals surface area contributed by atoms with E-state index in [1.807, 2.05) is 23.0 Å². The normalized spacial score (nSPS) is 11.9. The van der Waals surface area contributed by atoms with E-state index in [0.717, 1.165) is 28.7 Å². The molecule has 0 unspecified atom stereocenters. The van der Waals surface area contributed by atoms with E-state index in [2.05, 4.69) is 21.5 Å². The number of sulfone groups is 1. The first-order valence-electron chi connectivity index (χ1n) is 7.65. The minimum absolute atomic E-state index is 0.311. The van der Waals surface area contributed by atoms with Gasteiger partial charge in [-0.3, -0.25) is 9.67 Å². The van der Waals surface area contributed by atoms with Crippen LogP contribution in [-0.4, -0.2) is 29.4 Å². The minimum Gasteiger partial charge on any atom is -0.265 e. The number of rotatable bonds is 4. The molecular weight excluding hydrogens is 354 g/mol. The molecule has 0 fully saturated rings. The Labute approximate surface area is 149 Å². The van der Waals surface area contributed by atoms with Crippen LogP contribution in [-0.2, 0) is 16.4 Å². The molecule has 0 spiro atoms. The molecule has 0 amide bonds. The Morgan fingerprint density at radius 2 is 1.88 bits per heavy atom. The van der Waals surface area contributed by atoms with Gasteiger partial charge < -0.3 is 0 Å². The highest BCUT2D eigenvalue weighted by Crippen LogP contribution is 2.24. The molecule has 0 radical (unpaired) electrons. The maximum Gasteiger partial charge on any atom is 0.175 e. The SMILES string of the molecule is CS(=O)(=O)c1ccc(-c2cnc3cn(Cc4cccs4)nc3c2)cc1. The van der Waals surface area contributed by atoms with Crippen molar-refractivity contribution in [3.8, 4) is 11.1 Å². The highest BCUT2D eigenvalue weighted by atomic mass is 32.2. The summed E-state index contributed by atoms with van der Waals surface area (Å²) in [6, 6.07) is 12.9. The van der Waals surface area contributed by atoms with Crippen molar-refractivity contribution in [1.82, 2.24) is 14.8 Å². The lowest BCUT2D eigenvalue weighted by atomic mass is 10.1. The van der Waals surface area contributed by atoms with Crippen LogP contribution in [0.25, 0.3) is 22.2 Å². The van der Waals surface area contributed by atoms with Crippen LogP contribution in [0.4, 0.5) is 0 Å². The molecule has 3 heterocycles. The van der Waals surface area contributed by atoms with Crippen molar-refractivity contribution in [3.63, 3.8) is 0 Å². The smallest absolute Gasteiger partial charge is 0.175 e. The van der Waals surface area contributed by atoms with Crippen LogP contribution in [0.5, 0.6) is 0 Å². The van der Waals surface area contributed by atoms with Crippen molar-refractivity contribution in [1.29, 1.82) is 0 Å². The number of fused-ring (bicyclic) bond motifs is 1. The summed E-state index contributed by atoms with van der Waals surface area (Å²) >= 11 is 1.70. The van der Waals surface area contributed by atoms with E-state index in [1.165, 1.54) is 11.1 Å². The molecule has 1 aromatic carbocycles. The van der Waals surface area contributed by atoms with Gasteiger partial charge in [0.2, 0.25) is 0 Å². The van der Waals surface area contributed by atoms with Crippen LogP contribution in [0.1, 0.15) is 4.88 Å². The van der Waals surface area contributed by atoms with Gasteiger partial charge >= 0.3 is 0 Å². The maximum absolute atomic E-state index is 11.6. The van der Waals surface area contributed by atoms with Gasteiger partial charge in [-0.15, -0.1) is 11.3 Å². The molecule has 4 aromatic rings. The number of benzene rings is 1. The lowest BCUT2D eigenvalue weighted by Gasteiger charge is -2.03. The van der Waals surface area contributed by atoms with Crippen molar-refractivity contribution in [3.05, 3.63) is 65.1 Å². The zero-order chi connectivity index (χ0) is 17.4. The second-order valence-corrected chi connectivity index (χ2v) is 8.88. The van der Waals surface area contributed by atoms with E-state index >= 15 is 0 Å². The van der Waals surface area contributed by atoms with Gasteiger partial charge in [-0.2, -0.15) is 5.10 Å². The fourth-order valence-electron chi connectivity index (χ4n) is 2.65. The number of pyridine rings is 1.